The van der Waals surface area contributed by atoms with Gasteiger partial charge in [0.25, 0.3) is 0 Å². The maximum Gasteiger partial charge on any atom is 0.164 e. The van der Waals surface area contributed by atoms with Gasteiger partial charge in [0.15, 0.2) is 5.65 Å². The van der Waals surface area contributed by atoms with E-state index in [9.17, 15) is 0 Å². The van der Waals surface area contributed by atoms with Crippen molar-refractivity contribution in [1.82, 2.24) is 14.5 Å². The summed E-state index contributed by atoms with van der Waals surface area (Å²) in [6.07, 6.45) is 1.54. The second-order valence-corrected chi connectivity index (χ2v) is 5.59. The Balaban J connectivity index is 2.17. The number of rotatable bonds is 4. The lowest BCUT2D eigenvalue weighted by Crippen LogP contribution is -2.02. The van der Waals surface area contributed by atoms with Crippen LogP contribution < -0.4 is 0 Å². The Morgan fingerprint density at radius 2 is 1.82 bits per heavy atom. The fraction of sp³-hybridized carbons (Fsp3) is 0.333. The number of hydrogen-bond acceptors (Lipinski definition) is 3. The predicted octanol–water partition coefficient (Wildman–Crippen LogP) is 3.13. The fourth-order valence-electron chi connectivity index (χ4n) is 2.69. The standard InChI is InChI=1S/C18H21N3O/c1-4-17-20-16-11-12(2)13(3)19-18(16)21(17)15-7-5-14(6-8-15)9-10-22/h5-8,11,22H,4,9-10H2,1-3H3. The molecule has 0 aliphatic carbocycles. The first-order chi connectivity index (χ1) is 10.6. The van der Waals surface area contributed by atoms with Gasteiger partial charge in [0.2, 0.25) is 0 Å². The summed E-state index contributed by atoms with van der Waals surface area (Å²) < 4.78 is 2.13. The van der Waals surface area contributed by atoms with Gasteiger partial charge >= 0.3 is 0 Å². The molecule has 0 saturated heterocycles. The summed E-state index contributed by atoms with van der Waals surface area (Å²) in [5, 5.41) is 9.03. The normalized spacial score (nSPS) is 11.3. The minimum atomic E-state index is 0.174. The first-order valence-corrected chi connectivity index (χ1v) is 7.69. The third-order valence-corrected chi connectivity index (χ3v) is 4.06. The smallest absolute Gasteiger partial charge is 0.164 e. The lowest BCUT2D eigenvalue weighted by Gasteiger charge is -2.09. The molecule has 3 aromatic rings. The van der Waals surface area contributed by atoms with E-state index >= 15 is 0 Å². The molecule has 0 bridgehead atoms. The van der Waals surface area contributed by atoms with Crippen LogP contribution in [-0.4, -0.2) is 26.2 Å². The minimum Gasteiger partial charge on any atom is -0.396 e. The van der Waals surface area contributed by atoms with E-state index in [1.807, 2.05) is 6.92 Å². The van der Waals surface area contributed by atoms with Crippen molar-refractivity contribution in [2.24, 2.45) is 0 Å². The molecule has 0 fully saturated rings. The Hall–Kier alpha value is -2.20. The Bertz CT molecular complexity index is 803. The van der Waals surface area contributed by atoms with Gasteiger partial charge in [-0.1, -0.05) is 19.1 Å². The summed E-state index contributed by atoms with van der Waals surface area (Å²) in [6, 6.07) is 10.4. The van der Waals surface area contributed by atoms with Crippen LogP contribution in [0, 0.1) is 13.8 Å². The molecule has 4 nitrogen and oxygen atoms in total. The van der Waals surface area contributed by atoms with E-state index in [4.69, 9.17) is 15.1 Å². The Labute approximate surface area is 130 Å². The highest BCUT2D eigenvalue weighted by molar-refractivity contribution is 5.75. The molecule has 0 spiro atoms. The zero-order valence-corrected chi connectivity index (χ0v) is 13.3. The molecule has 2 heterocycles. The largest absolute Gasteiger partial charge is 0.396 e. The van der Waals surface area contributed by atoms with Crippen LogP contribution in [0.1, 0.15) is 29.6 Å². The van der Waals surface area contributed by atoms with Gasteiger partial charge in [-0.15, -0.1) is 0 Å². The van der Waals surface area contributed by atoms with Gasteiger partial charge in [-0.3, -0.25) is 4.57 Å². The molecule has 114 valence electrons. The average molecular weight is 295 g/mol. The van der Waals surface area contributed by atoms with Gasteiger partial charge in [-0.05, 0) is 49.6 Å². The second-order valence-electron chi connectivity index (χ2n) is 5.59. The monoisotopic (exact) mass is 295 g/mol. The summed E-state index contributed by atoms with van der Waals surface area (Å²) in [5.74, 6) is 1.02. The van der Waals surface area contributed by atoms with E-state index in [1.54, 1.807) is 0 Å². The molecular weight excluding hydrogens is 274 g/mol. The number of nitrogens with zero attached hydrogens (tertiary/aromatic N) is 3. The van der Waals surface area contributed by atoms with Gasteiger partial charge in [0, 0.05) is 24.4 Å². The van der Waals surface area contributed by atoms with Crippen molar-refractivity contribution in [3.05, 3.63) is 53.0 Å². The number of aliphatic hydroxyl groups is 1. The Morgan fingerprint density at radius 3 is 2.45 bits per heavy atom. The van der Waals surface area contributed by atoms with E-state index in [2.05, 4.69) is 48.7 Å². The van der Waals surface area contributed by atoms with Crippen LogP contribution in [0.2, 0.25) is 0 Å². The van der Waals surface area contributed by atoms with E-state index in [1.165, 1.54) is 0 Å². The van der Waals surface area contributed by atoms with Crippen LogP contribution >= 0.6 is 0 Å². The fourth-order valence-corrected chi connectivity index (χ4v) is 2.69. The summed E-state index contributed by atoms with van der Waals surface area (Å²) >= 11 is 0. The van der Waals surface area contributed by atoms with Crippen LogP contribution in [0.25, 0.3) is 16.9 Å². The molecule has 1 N–H and O–H groups in total. The molecule has 0 atom stereocenters. The maximum atomic E-state index is 9.03. The van der Waals surface area contributed by atoms with Crippen molar-refractivity contribution >= 4 is 11.2 Å². The highest BCUT2D eigenvalue weighted by Gasteiger charge is 2.13. The Morgan fingerprint density at radius 1 is 1.09 bits per heavy atom. The van der Waals surface area contributed by atoms with Crippen molar-refractivity contribution in [1.29, 1.82) is 0 Å². The molecule has 2 aromatic heterocycles. The summed E-state index contributed by atoms with van der Waals surface area (Å²) in [5.41, 5.74) is 6.26. The van der Waals surface area contributed by atoms with Crippen LogP contribution in [0.5, 0.6) is 0 Å². The number of aliphatic hydroxyl groups excluding tert-OH is 1. The number of benzene rings is 1. The molecule has 0 aliphatic rings. The number of hydrogen-bond donors (Lipinski definition) is 1. The van der Waals surface area contributed by atoms with Crippen molar-refractivity contribution < 1.29 is 5.11 Å². The molecule has 22 heavy (non-hydrogen) atoms. The number of imidazole rings is 1. The van der Waals surface area contributed by atoms with Crippen LogP contribution in [0.3, 0.4) is 0 Å². The first kappa shape index (κ1) is 14.7. The first-order valence-electron chi connectivity index (χ1n) is 7.69. The summed E-state index contributed by atoms with van der Waals surface area (Å²) in [7, 11) is 0. The average Bonchev–Trinajstić information content (AvgIpc) is 2.86. The quantitative estimate of drug-likeness (QED) is 0.804. The topological polar surface area (TPSA) is 50.9 Å². The van der Waals surface area contributed by atoms with Crippen molar-refractivity contribution in [2.75, 3.05) is 6.61 Å². The van der Waals surface area contributed by atoms with Crippen molar-refractivity contribution in [3.63, 3.8) is 0 Å². The molecule has 3 rings (SSSR count). The lowest BCUT2D eigenvalue weighted by molar-refractivity contribution is 0.299. The highest BCUT2D eigenvalue weighted by Crippen LogP contribution is 2.23. The number of fused-ring (bicyclic) bond motifs is 1. The van der Waals surface area contributed by atoms with E-state index < -0.39 is 0 Å². The highest BCUT2D eigenvalue weighted by atomic mass is 16.2. The molecule has 1 aromatic carbocycles. The molecule has 0 aliphatic heterocycles. The zero-order valence-electron chi connectivity index (χ0n) is 13.3. The van der Waals surface area contributed by atoms with E-state index in [0.717, 1.165) is 45.9 Å². The van der Waals surface area contributed by atoms with Gasteiger partial charge < -0.3 is 5.11 Å². The third-order valence-electron chi connectivity index (χ3n) is 4.06. The minimum absolute atomic E-state index is 0.174. The SMILES string of the molecule is CCc1nc2cc(C)c(C)nc2n1-c1ccc(CCO)cc1. The van der Waals surface area contributed by atoms with Gasteiger partial charge in [0.1, 0.15) is 11.3 Å². The zero-order chi connectivity index (χ0) is 15.7. The number of aromatic nitrogens is 3. The third kappa shape index (κ3) is 2.50. The molecule has 0 amide bonds. The number of pyridine rings is 1. The van der Waals surface area contributed by atoms with Gasteiger partial charge in [-0.2, -0.15) is 0 Å². The molecular formula is C18H21N3O. The van der Waals surface area contributed by atoms with Gasteiger partial charge in [-0.25, -0.2) is 9.97 Å². The van der Waals surface area contributed by atoms with E-state index in [0.29, 0.717) is 6.42 Å². The molecule has 0 radical (unpaired) electrons. The predicted molar refractivity (Wildman–Crippen MR) is 88.5 cm³/mol. The number of aryl methyl sites for hydroxylation is 3. The second kappa shape index (κ2) is 5.89. The Kier molecular flexibility index (Phi) is 3.94. The summed E-state index contributed by atoms with van der Waals surface area (Å²) in [6.45, 7) is 6.38. The lowest BCUT2D eigenvalue weighted by atomic mass is 10.1. The van der Waals surface area contributed by atoms with Crippen LogP contribution in [-0.2, 0) is 12.8 Å². The van der Waals surface area contributed by atoms with Crippen LogP contribution in [0.15, 0.2) is 30.3 Å². The van der Waals surface area contributed by atoms with Crippen molar-refractivity contribution in [3.8, 4) is 5.69 Å². The molecule has 0 saturated carbocycles. The van der Waals surface area contributed by atoms with Gasteiger partial charge in [0.05, 0.1) is 0 Å². The van der Waals surface area contributed by atoms with Crippen LogP contribution in [0.4, 0.5) is 0 Å². The van der Waals surface area contributed by atoms with E-state index in [-0.39, 0.29) is 6.61 Å². The summed E-state index contributed by atoms with van der Waals surface area (Å²) in [4.78, 5) is 9.47. The maximum absolute atomic E-state index is 9.03. The molecule has 4 heteroatoms. The van der Waals surface area contributed by atoms with Crippen molar-refractivity contribution in [2.45, 2.75) is 33.6 Å². The molecule has 0 unspecified atom stereocenters.